The lowest BCUT2D eigenvalue weighted by Gasteiger charge is -2.34. The van der Waals surface area contributed by atoms with Gasteiger partial charge in [0.15, 0.2) is 18.1 Å². The summed E-state index contributed by atoms with van der Waals surface area (Å²) in [5.41, 5.74) is 18.6. The van der Waals surface area contributed by atoms with Crippen molar-refractivity contribution in [3.8, 4) is 0 Å². The quantitative estimate of drug-likeness (QED) is 0.148. The summed E-state index contributed by atoms with van der Waals surface area (Å²) in [4.78, 5) is 38.4. The topological polar surface area (TPSA) is 242 Å². The summed E-state index contributed by atoms with van der Waals surface area (Å²) in [6.07, 6.45) is -2.28. The Morgan fingerprint density at radius 2 is 1.98 bits per heavy atom. The third-order valence-electron chi connectivity index (χ3n) is 8.46. The number of hydrogen-bond donors (Lipinski definition) is 7. The highest BCUT2D eigenvalue weighted by molar-refractivity contribution is 5.90. The number of rotatable bonds is 11. The molecule has 0 aromatic heterocycles. The van der Waals surface area contributed by atoms with Gasteiger partial charge in [0.1, 0.15) is 30.5 Å². The smallest absolute Gasteiger partial charge is 0.328 e. The predicted molar refractivity (Wildman–Crippen MR) is 150 cm³/mol. The lowest BCUT2D eigenvalue weighted by Crippen LogP contribution is -2.53. The van der Waals surface area contributed by atoms with Gasteiger partial charge in [-0.05, 0) is 62.2 Å². The average molecular weight is 610 g/mol. The van der Waals surface area contributed by atoms with Crippen molar-refractivity contribution in [3.63, 3.8) is 0 Å². The molecule has 2 unspecified atom stereocenters. The van der Waals surface area contributed by atoms with Crippen LogP contribution in [-0.4, -0.2) is 100 Å². The van der Waals surface area contributed by atoms with Gasteiger partial charge in [-0.1, -0.05) is 13.3 Å². The largest absolute Gasteiger partial charge is 0.456 e. The Labute approximate surface area is 249 Å². The van der Waals surface area contributed by atoms with Crippen molar-refractivity contribution in [1.82, 2.24) is 10.2 Å². The minimum atomic E-state index is -1.75. The highest BCUT2D eigenvalue weighted by Gasteiger charge is 2.54. The molecule has 0 radical (unpaired) electrons. The number of carbonyl (C=O) groups is 3. The summed E-state index contributed by atoms with van der Waals surface area (Å²) in [6.45, 7) is 4.25. The molecule has 4 rings (SSSR count). The fourth-order valence-corrected chi connectivity index (χ4v) is 6.06. The number of allylic oxidation sites excluding steroid dienone is 2. The van der Waals surface area contributed by atoms with Crippen molar-refractivity contribution in [1.29, 1.82) is 0 Å². The fourth-order valence-electron chi connectivity index (χ4n) is 6.06. The van der Waals surface area contributed by atoms with Crippen LogP contribution in [0, 0.1) is 5.41 Å². The van der Waals surface area contributed by atoms with Gasteiger partial charge in [-0.15, -0.1) is 0 Å². The van der Waals surface area contributed by atoms with Crippen LogP contribution in [0.3, 0.4) is 0 Å². The van der Waals surface area contributed by atoms with E-state index < -0.39 is 72.7 Å². The maximum absolute atomic E-state index is 13.2. The number of urea groups is 1. The third kappa shape index (κ3) is 7.20. The Morgan fingerprint density at radius 3 is 2.58 bits per heavy atom. The summed E-state index contributed by atoms with van der Waals surface area (Å²) >= 11 is 0. The molecule has 10 atom stereocenters. The second kappa shape index (κ2) is 13.3. The Bertz CT molecular complexity index is 1170. The minimum absolute atomic E-state index is 0.125. The number of nitrogens with two attached hydrogens (primary N) is 3. The predicted octanol–water partition coefficient (Wildman–Crippen LogP) is -1.09. The Kier molecular flexibility index (Phi) is 10.2. The van der Waals surface area contributed by atoms with Crippen LogP contribution in [-0.2, 0) is 28.5 Å². The molecular weight excluding hydrogens is 566 g/mol. The minimum Gasteiger partial charge on any atom is -0.456 e. The van der Waals surface area contributed by atoms with Gasteiger partial charge in [0.2, 0.25) is 12.2 Å². The number of nitrogens with one attached hydrogen (secondary N) is 1. The van der Waals surface area contributed by atoms with Crippen LogP contribution in [0.5, 0.6) is 0 Å². The molecule has 0 aromatic carbocycles. The molecule has 1 aliphatic carbocycles. The van der Waals surface area contributed by atoms with Gasteiger partial charge in [0.25, 0.3) is 5.91 Å². The van der Waals surface area contributed by atoms with E-state index >= 15 is 0 Å². The Hall–Kier alpha value is -3.05. The number of amides is 4. The fraction of sp³-hybridized carbons (Fsp3) is 0.679. The maximum Gasteiger partial charge on any atom is 0.328 e. The van der Waals surface area contributed by atoms with Gasteiger partial charge in [-0.2, -0.15) is 0 Å². The number of methoxy groups -OCH3 is 1. The molecular formula is C28H43N5O10. The van der Waals surface area contributed by atoms with Gasteiger partial charge < -0.3 is 56.8 Å². The van der Waals surface area contributed by atoms with E-state index in [1.165, 1.54) is 13.3 Å². The number of aliphatic hydroxyl groups excluding tert-OH is 3. The molecule has 4 amide bonds. The summed E-state index contributed by atoms with van der Waals surface area (Å²) < 4.78 is 22.1. The summed E-state index contributed by atoms with van der Waals surface area (Å²) in [5, 5.41) is 34.4. The summed E-state index contributed by atoms with van der Waals surface area (Å²) in [6, 6.07) is -0.395. The van der Waals surface area contributed by atoms with Gasteiger partial charge in [-0.25, -0.2) is 4.79 Å². The number of primary amides is 2. The van der Waals surface area contributed by atoms with E-state index in [1.807, 2.05) is 6.92 Å². The normalized spacial score (nSPS) is 37.5. The average Bonchev–Trinajstić information content (AvgIpc) is 3.48. The molecule has 0 spiro atoms. The van der Waals surface area contributed by atoms with Gasteiger partial charge >= 0.3 is 6.03 Å². The number of aliphatic hydroxyl groups is 3. The summed E-state index contributed by atoms with van der Waals surface area (Å²) in [7, 11) is 1.26. The lowest BCUT2D eigenvalue weighted by atomic mass is 9.82. The standard InChI is InChI=1S/C28H43N5O10/c1-13(29)5-4-8-28(2)9-6-14(12-28)15-7-10-33(27(39)32-15)25-19(36)20(40-3)21(42-25)22(24(31)38)43-26-18(35)16(34)11-17(41-26)23(30)37/h7,10-11,13,16,18-22,25-26,34-36H,4-6,8-9,12,29H2,1-3H3,(H2,30,37)(H2,31,38)(H,32,39)/b15-14+/t13-,16+,18+,19-,20+,21?,22-,25-,26-,28?/m1/s1. The Balaban J connectivity index is 1.48. The first-order chi connectivity index (χ1) is 20.2. The van der Waals surface area contributed by atoms with Crippen molar-refractivity contribution in [2.24, 2.45) is 22.6 Å². The second-order valence-electron chi connectivity index (χ2n) is 12.0. The Morgan fingerprint density at radius 1 is 1.26 bits per heavy atom. The molecule has 15 nitrogen and oxygen atoms in total. The van der Waals surface area contributed by atoms with Crippen LogP contribution in [0.4, 0.5) is 4.79 Å². The van der Waals surface area contributed by atoms with Crippen LogP contribution in [0.1, 0.15) is 52.4 Å². The SMILES string of the molecule is CO[C@@H]1C([C@@H](O[C@H]2OC(C(N)=O)=C[C@H](O)[C@@H]2O)C(N)=O)O[C@@H](N2C=C/C(=C3/CCC(C)(CCC[C@@H](C)N)C3)NC2=O)[C@@H]1O. The first-order valence-electron chi connectivity index (χ1n) is 14.4. The number of carbonyl (C=O) groups excluding carboxylic acids is 3. The molecule has 15 heteroatoms. The van der Waals surface area contributed by atoms with Crippen molar-refractivity contribution in [2.75, 3.05) is 7.11 Å². The maximum atomic E-state index is 13.2. The molecule has 1 saturated carbocycles. The molecule has 0 aromatic rings. The van der Waals surface area contributed by atoms with Crippen LogP contribution in [0.2, 0.25) is 0 Å². The zero-order valence-electron chi connectivity index (χ0n) is 24.5. The first kappa shape index (κ1) is 32.9. The van der Waals surface area contributed by atoms with E-state index in [0.29, 0.717) is 5.70 Å². The van der Waals surface area contributed by atoms with E-state index in [1.54, 1.807) is 6.08 Å². The molecule has 0 bridgehead atoms. The van der Waals surface area contributed by atoms with E-state index in [2.05, 4.69) is 12.2 Å². The van der Waals surface area contributed by atoms with E-state index in [4.69, 9.17) is 36.1 Å². The molecule has 3 heterocycles. The third-order valence-corrected chi connectivity index (χ3v) is 8.46. The molecule has 10 N–H and O–H groups in total. The van der Waals surface area contributed by atoms with Crippen LogP contribution >= 0.6 is 0 Å². The van der Waals surface area contributed by atoms with E-state index in [0.717, 1.165) is 55.1 Å². The van der Waals surface area contributed by atoms with Crippen molar-refractivity contribution < 1.29 is 48.7 Å². The first-order valence-corrected chi connectivity index (χ1v) is 14.4. The molecule has 1 saturated heterocycles. The van der Waals surface area contributed by atoms with Crippen molar-refractivity contribution in [2.45, 2.75) is 108 Å². The molecule has 3 aliphatic heterocycles. The molecule has 240 valence electrons. The second-order valence-corrected chi connectivity index (χ2v) is 12.0. The lowest BCUT2D eigenvalue weighted by molar-refractivity contribution is -0.241. The monoisotopic (exact) mass is 609 g/mol. The van der Waals surface area contributed by atoms with Gasteiger partial charge in [0, 0.05) is 25.0 Å². The van der Waals surface area contributed by atoms with E-state index in [-0.39, 0.29) is 11.5 Å². The highest BCUT2D eigenvalue weighted by Crippen LogP contribution is 2.46. The van der Waals surface area contributed by atoms with Gasteiger partial charge in [-0.3, -0.25) is 14.5 Å². The van der Waals surface area contributed by atoms with Crippen LogP contribution in [0.15, 0.2) is 35.4 Å². The number of hydrogen-bond acceptors (Lipinski definition) is 11. The highest BCUT2D eigenvalue weighted by atomic mass is 16.7. The van der Waals surface area contributed by atoms with Crippen molar-refractivity contribution >= 4 is 17.8 Å². The number of ether oxygens (including phenoxy) is 4. The zero-order valence-corrected chi connectivity index (χ0v) is 24.5. The van der Waals surface area contributed by atoms with Crippen LogP contribution < -0.4 is 22.5 Å². The van der Waals surface area contributed by atoms with Crippen molar-refractivity contribution in [3.05, 3.63) is 35.4 Å². The molecule has 4 aliphatic rings. The molecule has 2 fully saturated rings. The van der Waals surface area contributed by atoms with Crippen LogP contribution in [0.25, 0.3) is 0 Å². The van der Waals surface area contributed by atoms with E-state index in [9.17, 15) is 29.7 Å². The molecule has 43 heavy (non-hydrogen) atoms. The van der Waals surface area contributed by atoms with Gasteiger partial charge in [0.05, 0.1) is 0 Å². The number of nitrogens with zero attached hydrogens (tertiary/aromatic N) is 1. The summed E-state index contributed by atoms with van der Waals surface area (Å²) in [5.74, 6) is -2.62. The zero-order chi connectivity index (χ0) is 31.6.